The summed E-state index contributed by atoms with van der Waals surface area (Å²) in [6, 6.07) is 15.8. The summed E-state index contributed by atoms with van der Waals surface area (Å²) in [6.07, 6.45) is -1.97. The van der Waals surface area contributed by atoms with E-state index in [1.54, 1.807) is 23.2 Å². The van der Waals surface area contributed by atoms with Crippen molar-refractivity contribution in [1.29, 1.82) is 0 Å². The van der Waals surface area contributed by atoms with Gasteiger partial charge >= 0.3 is 12.2 Å². The maximum atomic E-state index is 13.7. The Bertz CT molecular complexity index is 1500. The highest BCUT2D eigenvalue weighted by molar-refractivity contribution is 6.09. The Hall–Kier alpha value is -4.14. The first kappa shape index (κ1) is 22.3. The number of nitrogens with one attached hydrogen (secondary N) is 1. The number of urea groups is 1. The van der Waals surface area contributed by atoms with E-state index in [1.807, 2.05) is 37.3 Å². The van der Waals surface area contributed by atoms with Gasteiger partial charge in [0, 0.05) is 30.2 Å². The van der Waals surface area contributed by atoms with Crippen LogP contribution in [0.4, 0.5) is 35.2 Å². The van der Waals surface area contributed by atoms with Crippen molar-refractivity contribution in [3.05, 3.63) is 78.0 Å². The van der Waals surface area contributed by atoms with E-state index in [4.69, 9.17) is 4.98 Å². The lowest BCUT2D eigenvalue weighted by Crippen LogP contribution is -2.48. The lowest BCUT2D eigenvalue weighted by molar-refractivity contribution is -0.137. The summed E-state index contributed by atoms with van der Waals surface area (Å²) in [4.78, 5) is 26.7. The third-order valence-electron chi connectivity index (χ3n) is 6.88. The summed E-state index contributed by atoms with van der Waals surface area (Å²) in [5.41, 5.74) is 3.14. The molecule has 1 saturated heterocycles. The number of aryl methyl sites for hydroxylation is 1. The van der Waals surface area contributed by atoms with Crippen LogP contribution in [-0.2, 0) is 6.18 Å². The number of rotatable bonds is 2. The molecule has 0 unspecified atom stereocenters. The number of nitrogens with zero attached hydrogens (tertiary/aromatic N) is 4. The molecule has 2 aliphatic heterocycles. The molecule has 2 aromatic carbocycles. The Balaban J connectivity index is 1.41. The van der Waals surface area contributed by atoms with Crippen LogP contribution in [0.3, 0.4) is 0 Å². The number of pyridine rings is 2. The summed E-state index contributed by atoms with van der Waals surface area (Å²) < 4.78 is 39.9. The first-order chi connectivity index (χ1) is 17.3. The van der Waals surface area contributed by atoms with Gasteiger partial charge in [0.25, 0.3) is 0 Å². The zero-order valence-electron chi connectivity index (χ0n) is 19.4. The maximum Gasteiger partial charge on any atom is 0.416 e. The topological polar surface area (TPSA) is 61.4 Å². The predicted octanol–water partition coefficient (Wildman–Crippen LogP) is 6.25. The molecule has 1 atom stereocenters. The first-order valence-corrected chi connectivity index (χ1v) is 11.7. The second kappa shape index (κ2) is 8.22. The van der Waals surface area contributed by atoms with Crippen molar-refractivity contribution < 1.29 is 18.0 Å². The van der Waals surface area contributed by atoms with Crippen LogP contribution in [0, 0.1) is 6.92 Å². The molecule has 0 saturated carbocycles. The van der Waals surface area contributed by atoms with E-state index >= 15 is 0 Å². The molecule has 2 aromatic heterocycles. The zero-order chi connectivity index (χ0) is 25.0. The maximum absolute atomic E-state index is 13.7. The molecule has 2 aliphatic rings. The van der Waals surface area contributed by atoms with E-state index < -0.39 is 11.7 Å². The smallest absolute Gasteiger partial charge is 0.366 e. The van der Waals surface area contributed by atoms with Crippen LogP contribution in [0.1, 0.15) is 17.5 Å². The standard InChI is InChI=1S/C27H22F3N5O/c1-16-7-8-22-20(6-3-12-31-22)24(16)33-26(36)35-19-11-13-34(15-19)23-10-9-21(32-25(23)35)17-4-2-5-18(14-17)27(28,29)30/h2-10,12,14,19H,11,13,15H2,1H3,(H,33,36)/t19-/m0/s1. The monoisotopic (exact) mass is 489 g/mol. The first-order valence-electron chi connectivity index (χ1n) is 11.7. The number of halogens is 3. The van der Waals surface area contributed by atoms with Crippen molar-refractivity contribution in [1.82, 2.24) is 9.97 Å². The molecule has 2 bridgehead atoms. The third-order valence-corrected chi connectivity index (χ3v) is 6.88. The minimum atomic E-state index is -4.45. The molecule has 6 nitrogen and oxygen atoms in total. The minimum Gasteiger partial charge on any atom is -0.366 e. The Morgan fingerprint density at radius 3 is 2.78 bits per heavy atom. The Kier molecular flexibility index (Phi) is 5.10. The number of hydrogen-bond acceptors (Lipinski definition) is 4. The molecule has 182 valence electrons. The van der Waals surface area contributed by atoms with Crippen LogP contribution < -0.4 is 15.1 Å². The number of amides is 2. The number of benzene rings is 2. The fraction of sp³-hybridized carbons (Fsp3) is 0.222. The molecule has 6 rings (SSSR count). The van der Waals surface area contributed by atoms with Crippen LogP contribution in [-0.4, -0.2) is 35.1 Å². The molecule has 36 heavy (non-hydrogen) atoms. The SMILES string of the molecule is Cc1ccc2ncccc2c1NC(=O)N1c2nc(-c3cccc(C(F)(F)F)c3)ccc2N2CC[C@H]1C2. The van der Waals surface area contributed by atoms with Gasteiger partial charge in [-0.15, -0.1) is 0 Å². The van der Waals surface area contributed by atoms with Gasteiger partial charge in [-0.1, -0.05) is 18.2 Å². The van der Waals surface area contributed by atoms with E-state index in [0.717, 1.165) is 47.3 Å². The lowest BCUT2D eigenvalue weighted by Gasteiger charge is -2.36. The highest BCUT2D eigenvalue weighted by Crippen LogP contribution is 2.41. The number of carbonyl (C=O) groups excluding carboxylic acids is 1. The molecule has 2 amide bonds. The number of carbonyl (C=O) groups is 1. The predicted molar refractivity (Wildman–Crippen MR) is 133 cm³/mol. The van der Waals surface area contributed by atoms with E-state index in [0.29, 0.717) is 29.3 Å². The van der Waals surface area contributed by atoms with Crippen LogP contribution in [0.15, 0.2) is 66.9 Å². The van der Waals surface area contributed by atoms with Gasteiger partial charge in [-0.3, -0.25) is 9.88 Å². The molecule has 4 heterocycles. The number of anilines is 3. The van der Waals surface area contributed by atoms with Crippen molar-refractivity contribution >= 4 is 34.1 Å². The van der Waals surface area contributed by atoms with Crippen LogP contribution >= 0.6 is 0 Å². The average molecular weight is 490 g/mol. The number of hydrogen-bond donors (Lipinski definition) is 1. The lowest BCUT2D eigenvalue weighted by atomic mass is 10.1. The molecule has 1 N–H and O–H groups in total. The van der Waals surface area contributed by atoms with Gasteiger partial charge in [-0.25, -0.2) is 9.78 Å². The van der Waals surface area contributed by atoms with Gasteiger partial charge in [0.1, 0.15) is 0 Å². The van der Waals surface area contributed by atoms with E-state index in [1.165, 1.54) is 6.07 Å². The fourth-order valence-corrected chi connectivity index (χ4v) is 5.08. The van der Waals surface area contributed by atoms with Gasteiger partial charge in [0.15, 0.2) is 5.82 Å². The molecule has 4 aromatic rings. The van der Waals surface area contributed by atoms with Crippen molar-refractivity contribution in [2.24, 2.45) is 0 Å². The second-order valence-electron chi connectivity index (χ2n) is 9.13. The van der Waals surface area contributed by atoms with Crippen LogP contribution in [0.2, 0.25) is 0 Å². The van der Waals surface area contributed by atoms with Gasteiger partial charge in [0.2, 0.25) is 0 Å². The molecular weight excluding hydrogens is 467 g/mol. The third kappa shape index (κ3) is 3.71. The van der Waals surface area contributed by atoms with Crippen LogP contribution in [0.5, 0.6) is 0 Å². The number of fused-ring (bicyclic) bond motifs is 5. The van der Waals surface area contributed by atoms with Crippen molar-refractivity contribution in [3.63, 3.8) is 0 Å². The second-order valence-corrected chi connectivity index (χ2v) is 9.13. The normalized spacial score (nSPS) is 16.8. The highest BCUT2D eigenvalue weighted by atomic mass is 19.4. The van der Waals surface area contributed by atoms with E-state index in [9.17, 15) is 18.0 Å². The molecule has 9 heteroatoms. The highest BCUT2D eigenvalue weighted by Gasteiger charge is 2.40. The Morgan fingerprint density at radius 1 is 1.08 bits per heavy atom. The van der Waals surface area contributed by atoms with Gasteiger partial charge in [-0.2, -0.15) is 13.2 Å². The number of alkyl halides is 3. The Morgan fingerprint density at radius 2 is 1.94 bits per heavy atom. The fourth-order valence-electron chi connectivity index (χ4n) is 5.08. The molecule has 1 fully saturated rings. The van der Waals surface area contributed by atoms with E-state index in [2.05, 4.69) is 15.2 Å². The largest absolute Gasteiger partial charge is 0.416 e. The summed E-state index contributed by atoms with van der Waals surface area (Å²) >= 11 is 0. The van der Waals surface area contributed by atoms with Crippen molar-refractivity contribution in [3.8, 4) is 11.3 Å². The van der Waals surface area contributed by atoms with Gasteiger partial charge in [0.05, 0.1) is 34.2 Å². The molecular formula is C27H22F3N5O. The summed E-state index contributed by atoms with van der Waals surface area (Å²) in [5, 5.41) is 3.91. The zero-order valence-corrected chi connectivity index (χ0v) is 19.4. The summed E-state index contributed by atoms with van der Waals surface area (Å²) in [5.74, 6) is 0.451. The van der Waals surface area contributed by atoms with Gasteiger partial charge in [-0.05, 0) is 61.4 Å². The average Bonchev–Trinajstić information content (AvgIpc) is 3.29. The summed E-state index contributed by atoms with van der Waals surface area (Å²) in [7, 11) is 0. The van der Waals surface area contributed by atoms with Crippen molar-refractivity contribution in [2.45, 2.75) is 25.6 Å². The van der Waals surface area contributed by atoms with E-state index in [-0.39, 0.29) is 12.1 Å². The molecule has 0 aliphatic carbocycles. The quantitative estimate of drug-likeness (QED) is 0.361. The number of aromatic nitrogens is 2. The van der Waals surface area contributed by atoms with Crippen LogP contribution in [0.25, 0.3) is 22.2 Å². The molecule has 0 radical (unpaired) electrons. The molecule has 0 spiro atoms. The summed E-state index contributed by atoms with van der Waals surface area (Å²) in [6.45, 7) is 3.39. The Labute approximate surface area is 205 Å². The minimum absolute atomic E-state index is 0.0878. The van der Waals surface area contributed by atoms with Gasteiger partial charge < -0.3 is 10.2 Å². The van der Waals surface area contributed by atoms with Crippen molar-refractivity contribution in [2.75, 3.05) is 28.2 Å².